The third-order valence-electron chi connectivity index (χ3n) is 2.83. The minimum Gasteiger partial charge on any atom is -0.263 e. The Kier molecular flexibility index (Phi) is 3.10. The van der Waals surface area contributed by atoms with Crippen LogP contribution in [0.1, 0.15) is 16.7 Å². The van der Waals surface area contributed by atoms with Crippen molar-refractivity contribution in [2.45, 2.75) is 20.8 Å². The molecule has 0 bridgehead atoms. The van der Waals surface area contributed by atoms with E-state index in [-0.39, 0.29) is 0 Å². The summed E-state index contributed by atoms with van der Waals surface area (Å²) in [6.07, 6.45) is 3.76. The summed E-state index contributed by atoms with van der Waals surface area (Å²) in [5.41, 5.74) is 6.29. The molecule has 0 unspecified atom stereocenters. The fraction of sp³-hybridized carbons (Fsp3) is 0.214. The predicted molar refractivity (Wildman–Crippen MR) is 71.6 cm³/mol. The molecule has 0 atom stereocenters. The van der Waals surface area contributed by atoms with Gasteiger partial charge in [-0.05, 0) is 53.4 Å². The van der Waals surface area contributed by atoms with Gasteiger partial charge in [-0.1, -0.05) is 23.8 Å². The van der Waals surface area contributed by atoms with Gasteiger partial charge in [-0.25, -0.2) is 0 Å². The molecular weight excluding hydrogens is 262 g/mol. The summed E-state index contributed by atoms with van der Waals surface area (Å²) in [4.78, 5) is 4.24. The molecule has 1 aromatic heterocycles. The average Bonchev–Trinajstić information content (AvgIpc) is 2.23. The van der Waals surface area contributed by atoms with Crippen molar-refractivity contribution < 1.29 is 0 Å². The van der Waals surface area contributed by atoms with E-state index in [9.17, 15) is 0 Å². The molecule has 0 aliphatic heterocycles. The van der Waals surface area contributed by atoms with Crippen LogP contribution in [0.3, 0.4) is 0 Å². The lowest BCUT2D eigenvalue weighted by molar-refractivity contribution is 1.25. The van der Waals surface area contributed by atoms with Gasteiger partial charge in [0, 0.05) is 22.4 Å². The standard InChI is InChI=1S/C14H14BrN/c1-9-4-5-12(10(2)6-9)13-7-16-8-14(15)11(13)3/h4-8H,1-3H3. The highest BCUT2D eigenvalue weighted by Crippen LogP contribution is 2.30. The van der Waals surface area contributed by atoms with Gasteiger partial charge < -0.3 is 0 Å². The molecule has 0 aliphatic rings. The van der Waals surface area contributed by atoms with Crippen molar-refractivity contribution >= 4 is 15.9 Å². The Morgan fingerprint density at radius 3 is 2.44 bits per heavy atom. The van der Waals surface area contributed by atoms with Gasteiger partial charge in [0.2, 0.25) is 0 Å². The zero-order valence-electron chi connectivity index (χ0n) is 9.71. The van der Waals surface area contributed by atoms with Crippen molar-refractivity contribution in [2.75, 3.05) is 0 Å². The zero-order chi connectivity index (χ0) is 11.7. The predicted octanol–water partition coefficient (Wildman–Crippen LogP) is 4.44. The molecule has 82 valence electrons. The third-order valence-corrected chi connectivity index (χ3v) is 3.63. The number of halogens is 1. The highest BCUT2D eigenvalue weighted by atomic mass is 79.9. The van der Waals surface area contributed by atoms with Crippen LogP contribution in [-0.4, -0.2) is 4.98 Å². The molecule has 0 N–H and O–H groups in total. The van der Waals surface area contributed by atoms with Crippen molar-refractivity contribution in [1.82, 2.24) is 4.98 Å². The molecule has 2 aromatic rings. The van der Waals surface area contributed by atoms with Crippen molar-refractivity contribution in [3.05, 3.63) is 51.8 Å². The summed E-state index contributed by atoms with van der Waals surface area (Å²) in [7, 11) is 0. The van der Waals surface area contributed by atoms with Crippen LogP contribution >= 0.6 is 15.9 Å². The Morgan fingerprint density at radius 1 is 1.00 bits per heavy atom. The van der Waals surface area contributed by atoms with Crippen LogP contribution < -0.4 is 0 Å². The Hall–Kier alpha value is -1.15. The van der Waals surface area contributed by atoms with Gasteiger partial charge in [-0.15, -0.1) is 0 Å². The van der Waals surface area contributed by atoms with E-state index < -0.39 is 0 Å². The van der Waals surface area contributed by atoms with Gasteiger partial charge in [-0.2, -0.15) is 0 Å². The van der Waals surface area contributed by atoms with E-state index in [1.165, 1.54) is 27.8 Å². The maximum Gasteiger partial charge on any atom is 0.0413 e. The summed E-state index contributed by atoms with van der Waals surface area (Å²) in [6, 6.07) is 6.51. The van der Waals surface area contributed by atoms with Crippen LogP contribution in [-0.2, 0) is 0 Å². The first-order valence-corrected chi connectivity index (χ1v) is 6.06. The maximum atomic E-state index is 4.24. The molecule has 0 amide bonds. The molecule has 16 heavy (non-hydrogen) atoms. The first-order chi connectivity index (χ1) is 7.59. The number of nitrogens with zero attached hydrogens (tertiary/aromatic N) is 1. The number of hydrogen-bond acceptors (Lipinski definition) is 1. The zero-order valence-corrected chi connectivity index (χ0v) is 11.3. The van der Waals surface area contributed by atoms with Crippen molar-refractivity contribution in [2.24, 2.45) is 0 Å². The first kappa shape index (κ1) is 11.3. The van der Waals surface area contributed by atoms with Crippen LogP contribution in [0.15, 0.2) is 35.1 Å². The van der Waals surface area contributed by atoms with Gasteiger partial charge in [-0.3, -0.25) is 4.98 Å². The molecular formula is C14H14BrN. The number of aryl methyl sites for hydroxylation is 2. The summed E-state index contributed by atoms with van der Waals surface area (Å²) in [5.74, 6) is 0. The smallest absolute Gasteiger partial charge is 0.0413 e. The highest BCUT2D eigenvalue weighted by molar-refractivity contribution is 9.10. The minimum absolute atomic E-state index is 1.06. The Labute approximate surface area is 105 Å². The van der Waals surface area contributed by atoms with E-state index >= 15 is 0 Å². The summed E-state index contributed by atoms with van der Waals surface area (Å²) in [5, 5.41) is 0. The molecule has 1 heterocycles. The minimum atomic E-state index is 1.06. The van der Waals surface area contributed by atoms with E-state index in [0.29, 0.717) is 0 Å². The molecule has 0 aliphatic carbocycles. The summed E-state index contributed by atoms with van der Waals surface area (Å²) >= 11 is 3.52. The third kappa shape index (κ3) is 2.03. The average molecular weight is 276 g/mol. The Bertz CT molecular complexity index is 532. The van der Waals surface area contributed by atoms with Crippen molar-refractivity contribution in [3.63, 3.8) is 0 Å². The first-order valence-electron chi connectivity index (χ1n) is 5.27. The fourth-order valence-corrected chi connectivity index (χ4v) is 2.22. The molecule has 1 nitrogen and oxygen atoms in total. The molecule has 0 saturated heterocycles. The van der Waals surface area contributed by atoms with Gasteiger partial charge in [0.15, 0.2) is 0 Å². The normalized spacial score (nSPS) is 10.5. The van der Waals surface area contributed by atoms with Crippen LogP contribution in [0, 0.1) is 20.8 Å². The van der Waals surface area contributed by atoms with Gasteiger partial charge in [0.25, 0.3) is 0 Å². The number of pyridine rings is 1. The second-order valence-electron chi connectivity index (χ2n) is 4.11. The van der Waals surface area contributed by atoms with Crippen LogP contribution in [0.5, 0.6) is 0 Å². The quantitative estimate of drug-likeness (QED) is 0.750. The molecule has 1 aromatic carbocycles. The van der Waals surface area contributed by atoms with E-state index in [2.05, 4.69) is 59.9 Å². The number of aromatic nitrogens is 1. The summed E-state index contributed by atoms with van der Waals surface area (Å²) in [6.45, 7) is 6.37. The van der Waals surface area contributed by atoms with Crippen molar-refractivity contribution in [1.29, 1.82) is 0 Å². The number of hydrogen-bond donors (Lipinski definition) is 0. The topological polar surface area (TPSA) is 12.9 Å². The molecule has 0 fully saturated rings. The Morgan fingerprint density at radius 2 is 1.75 bits per heavy atom. The lowest BCUT2D eigenvalue weighted by Gasteiger charge is -2.10. The van der Waals surface area contributed by atoms with E-state index in [4.69, 9.17) is 0 Å². The van der Waals surface area contributed by atoms with Crippen LogP contribution in [0.4, 0.5) is 0 Å². The maximum absolute atomic E-state index is 4.24. The van der Waals surface area contributed by atoms with E-state index in [1.54, 1.807) is 0 Å². The SMILES string of the molecule is Cc1ccc(-c2cncc(Br)c2C)c(C)c1. The molecule has 2 rings (SSSR count). The largest absolute Gasteiger partial charge is 0.263 e. The van der Waals surface area contributed by atoms with Crippen LogP contribution in [0.2, 0.25) is 0 Å². The van der Waals surface area contributed by atoms with E-state index in [0.717, 1.165) is 4.47 Å². The van der Waals surface area contributed by atoms with Gasteiger partial charge >= 0.3 is 0 Å². The summed E-state index contributed by atoms with van der Waals surface area (Å²) < 4.78 is 1.06. The van der Waals surface area contributed by atoms with E-state index in [1.807, 2.05) is 12.4 Å². The number of benzene rings is 1. The lowest BCUT2D eigenvalue weighted by Crippen LogP contribution is -1.90. The fourth-order valence-electron chi connectivity index (χ4n) is 1.89. The molecule has 2 heteroatoms. The van der Waals surface area contributed by atoms with Crippen molar-refractivity contribution in [3.8, 4) is 11.1 Å². The van der Waals surface area contributed by atoms with Gasteiger partial charge in [0.05, 0.1) is 0 Å². The molecule has 0 radical (unpaired) electrons. The monoisotopic (exact) mass is 275 g/mol. The van der Waals surface area contributed by atoms with Gasteiger partial charge in [0.1, 0.15) is 0 Å². The molecule has 0 saturated carbocycles. The second kappa shape index (κ2) is 4.38. The lowest BCUT2D eigenvalue weighted by atomic mass is 9.97. The highest BCUT2D eigenvalue weighted by Gasteiger charge is 2.07. The van der Waals surface area contributed by atoms with Crippen LogP contribution in [0.25, 0.3) is 11.1 Å². The number of rotatable bonds is 1. The Balaban J connectivity index is 2.63. The second-order valence-corrected chi connectivity index (χ2v) is 4.97. The molecule has 0 spiro atoms.